The summed E-state index contributed by atoms with van der Waals surface area (Å²) in [4.78, 5) is 40.8. The van der Waals surface area contributed by atoms with Crippen LogP contribution in [-0.4, -0.2) is 87.2 Å². The molecule has 0 aliphatic rings. The fraction of sp³-hybridized carbons (Fsp3) is 0.333. The van der Waals surface area contributed by atoms with Gasteiger partial charge in [-0.05, 0) is 0 Å². The lowest BCUT2D eigenvalue weighted by molar-refractivity contribution is -0.180. The van der Waals surface area contributed by atoms with Crippen LogP contribution in [0, 0.1) is 0 Å². The molecule has 0 radical (unpaired) electrons. The molecule has 2 aromatic rings. The predicted octanol–water partition coefficient (Wildman–Crippen LogP) is 1.60. The van der Waals surface area contributed by atoms with Crippen LogP contribution in [0.2, 0.25) is 0 Å². The van der Waals surface area contributed by atoms with Gasteiger partial charge in [0.2, 0.25) is 23.0 Å². The number of carbonyl (C=O) groups is 2. The Morgan fingerprint density at radius 2 is 0.838 bits per heavy atom. The van der Waals surface area contributed by atoms with E-state index >= 15 is 0 Å². The molecule has 0 atom stereocenters. The number of methoxy groups -OCH3 is 5. The van der Waals surface area contributed by atoms with E-state index < -0.39 is 52.0 Å². The Balaban J connectivity index is 0.000000371. The van der Waals surface area contributed by atoms with E-state index in [4.69, 9.17) is 24.1 Å². The van der Waals surface area contributed by atoms with Crippen molar-refractivity contribution in [2.24, 2.45) is 0 Å². The summed E-state index contributed by atoms with van der Waals surface area (Å²) in [7, 11) is 8.20. The Morgan fingerprint density at radius 1 is 0.514 bits per heavy atom. The quantitative estimate of drug-likeness (QED) is 0.126. The van der Waals surface area contributed by atoms with Crippen LogP contribution in [0.3, 0.4) is 0 Å². The summed E-state index contributed by atoms with van der Waals surface area (Å²) in [5.41, 5.74) is -0.739. The molecule has 16 heteroatoms. The molecule has 0 heterocycles. The van der Waals surface area contributed by atoms with E-state index in [0.717, 1.165) is 21.3 Å². The zero-order chi connectivity index (χ0) is 28.4. The van der Waals surface area contributed by atoms with Crippen LogP contribution >= 0.6 is 0 Å². The highest BCUT2D eigenvalue weighted by Gasteiger charge is 2.33. The normalized spacial score (nSPS) is 9.92. The van der Waals surface area contributed by atoms with Crippen molar-refractivity contribution >= 4 is 11.9 Å². The standard InChI is InChI=1S/C11H14O8.C10H12O8/c1-15-8-5(11(14)17-3)9(16-2)10(19-18-4)7(13)6(8)12;1-15-7-4(10(13)14)8(16-2)9(18-17-3)6(12)5(7)11/h12-13H,1-4H3;11-12H,1-3H3,(H,13,14). The third-order valence-electron chi connectivity index (χ3n) is 4.38. The minimum absolute atomic E-state index is 0.194. The number of phenolic OH excluding ortho intramolecular Hbond substituents is 4. The lowest BCUT2D eigenvalue weighted by Gasteiger charge is -2.17. The Morgan fingerprint density at radius 3 is 1.14 bits per heavy atom. The van der Waals surface area contributed by atoms with E-state index in [2.05, 4.69) is 24.3 Å². The minimum atomic E-state index is -1.43. The van der Waals surface area contributed by atoms with Gasteiger partial charge in [-0.1, -0.05) is 0 Å². The van der Waals surface area contributed by atoms with Gasteiger partial charge in [-0.15, -0.1) is 0 Å². The van der Waals surface area contributed by atoms with Crippen molar-refractivity contribution in [3.63, 3.8) is 0 Å². The summed E-state index contributed by atoms with van der Waals surface area (Å²) in [6.07, 6.45) is 0. The molecule has 0 aliphatic heterocycles. The van der Waals surface area contributed by atoms with Gasteiger partial charge in [-0.3, -0.25) is 0 Å². The Kier molecular flexibility index (Phi) is 11.0. The van der Waals surface area contributed by atoms with Crippen LogP contribution < -0.4 is 28.7 Å². The zero-order valence-electron chi connectivity index (χ0n) is 20.7. The summed E-state index contributed by atoms with van der Waals surface area (Å²) in [5.74, 6) is -7.32. The highest BCUT2D eigenvalue weighted by Crippen LogP contribution is 2.53. The molecule has 2 rings (SSSR count). The van der Waals surface area contributed by atoms with Crippen molar-refractivity contribution in [1.29, 1.82) is 0 Å². The molecule has 0 aromatic heterocycles. The van der Waals surface area contributed by atoms with Gasteiger partial charge in [-0.2, -0.15) is 9.78 Å². The smallest absolute Gasteiger partial charge is 0.345 e. The highest BCUT2D eigenvalue weighted by atomic mass is 17.2. The first-order valence-corrected chi connectivity index (χ1v) is 9.65. The maximum Gasteiger partial charge on any atom is 0.345 e. The number of carboxylic acid groups (broad SMARTS) is 1. The van der Waals surface area contributed by atoms with Crippen LogP contribution in [0.25, 0.3) is 0 Å². The molecular formula is C21H26O16. The van der Waals surface area contributed by atoms with Gasteiger partial charge in [0.1, 0.15) is 0 Å². The molecule has 0 bridgehead atoms. The zero-order valence-corrected chi connectivity index (χ0v) is 20.7. The van der Waals surface area contributed by atoms with Gasteiger partial charge in [0.05, 0.1) is 49.8 Å². The number of carboxylic acids is 1. The molecule has 2 aromatic carbocycles. The Hall–Kier alpha value is -4.70. The van der Waals surface area contributed by atoms with Crippen LogP contribution in [0.5, 0.6) is 57.5 Å². The maximum atomic E-state index is 11.7. The average Bonchev–Trinajstić information content (AvgIpc) is 2.89. The summed E-state index contributed by atoms with van der Waals surface area (Å²) in [6, 6.07) is 0. The summed E-state index contributed by atoms with van der Waals surface area (Å²) >= 11 is 0. The third kappa shape index (κ3) is 5.93. The second-order valence-corrected chi connectivity index (χ2v) is 6.23. The van der Waals surface area contributed by atoms with E-state index in [9.17, 15) is 30.0 Å². The first-order chi connectivity index (χ1) is 17.5. The lowest BCUT2D eigenvalue weighted by Crippen LogP contribution is -2.09. The van der Waals surface area contributed by atoms with Gasteiger partial charge < -0.3 is 59.0 Å². The van der Waals surface area contributed by atoms with E-state index in [-0.39, 0.29) is 28.6 Å². The maximum absolute atomic E-state index is 11.7. The molecule has 206 valence electrons. The second-order valence-electron chi connectivity index (χ2n) is 6.23. The molecule has 37 heavy (non-hydrogen) atoms. The molecule has 0 saturated heterocycles. The van der Waals surface area contributed by atoms with Crippen LogP contribution in [0.1, 0.15) is 20.7 Å². The van der Waals surface area contributed by atoms with Gasteiger partial charge in [0.25, 0.3) is 11.5 Å². The number of phenols is 4. The number of hydrogen-bond donors (Lipinski definition) is 5. The first kappa shape index (κ1) is 30.3. The Bertz CT molecular complexity index is 1130. The van der Waals surface area contributed by atoms with Crippen LogP contribution in [-0.2, 0) is 14.5 Å². The number of ether oxygens (including phenoxy) is 5. The summed E-state index contributed by atoms with van der Waals surface area (Å²) < 4.78 is 24.0. The fourth-order valence-electron chi connectivity index (χ4n) is 2.91. The molecule has 0 saturated carbocycles. The van der Waals surface area contributed by atoms with Crippen molar-refractivity contribution < 1.29 is 78.4 Å². The van der Waals surface area contributed by atoms with Crippen molar-refractivity contribution in [3.05, 3.63) is 11.1 Å². The van der Waals surface area contributed by atoms with Crippen LogP contribution in [0.4, 0.5) is 0 Å². The highest BCUT2D eigenvalue weighted by molar-refractivity contribution is 5.99. The average molecular weight is 534 g/mol. The fourth-order valence-corrected chi connectivity index (χ4v) is 2.91. The topological polar surface area (TPSA) is 218 Å². The number of benzene rings is 2. The summed E-state index contributed by atoms with van der Waals surface area (Å²) in [6.45, 7) is 0. The molecule has 0 amide bonds. The molecule has 0 spiro atoms. The minimum Gasteiger partial charge on any atom is -0.502 e. The van der Waals surface area contributed by atoms with Crippen molar-refractivity contribution in [2.45, 2.75) is 0 Å². The van der Waals surface area contributed by atoms with E-state index in [1.54, 1.807) is 0 Å². The number of aromatic carboxylic acids is 1. The van der Waals surface area contributed by atoms with E-state index in [1.165, 1.54) is 28.4 Å². The number of carbonyl (C=O) groups excluding carboxylic acids is 1. The number of aromatic hydroxyl groups is 4. The van der Waals surface area contributed by atoms with Gasteiger partial charge >= 0.3 is 11.9 Å². The number of hydrogen-bond acceptors (Lipinski definition) is 15. The van der Waals surface area contributed by atoms with Gasteiger partial charge in [0, 0.05) is 0 Å². The molecule has 5 N–H and O–H groups in total. The summed E-state index contributed by atoms with van der Waals surface area (Å²) in [5, 5.41) is 47.9. The van der Waals surface area contributed by atoms with Crippen LogP contribution in [0.15, 0.2) is 0 Å². The van der Waals surface area contributed by atoms with E-state index in [0.29, 0.717) is 0 Å². The van der Waals surface area contributed by atoms with Gasteiger partial charge in [0.15, 0.2) is 34.1 Å². The number of rotatable bonds is 10. The SMILES string of the molecule is COOc1c(O)c(O)c(OC)c(C(=O)O)c1OC.COOc1c(O)c(O)c(OC)c(C(=O)OC)c1OC. The monoisotopic (exact) mass is 534 g/mol. The molecular weight excluding hydrogens is 508 g/mol. The van der Waals surface area contributed by atoms with Crippen molar-refractivity contribution in [2.75, 3.05) is 49.8 Å². The second kappa shape index (κ2) is 13.4. The third-order valence-corrected chi connectivity index (χ3v) is 4.38. The molecule has 0 fully saturated rings. The molecule has 16 nitrogen and oxygen atoms in total. The first-order valence-electron chi connectivity index (χ1n) is 9.65. The predicted molar refractivity (Wildman–Crippen MR) is 119 cm³/mol. The van der Waals surface area contributed by atoms with Crippen molar-refractivity contribution in [1.82, 2.24) is 0 Å². The molecule has 0 aliphatic carbocycles. The van der Waals surface area contributed by atoms with Crippen molar-refractivity contribution in [3.8, 4) is 57.5 Å². The molecule has 0 unspecified atom stereocenters. The lowest BCUT2D eigenvalue weighted by atomic mass is 10.1. The number of esters is 1. The Labute approximate surface area is 209 Å². The van der Waals surface area contributed by atoms with E-state index in [1.807, 2.05) is 0 Å². The van der Waals surface area contributed by atoms with Gasteiger partial charge in [-0.25, -0.2) is 9.59 Å². The largest absolute Gasteiger partial charge is 0.502 e.